The molecule has 0 saturated heterocycles. The lowest BCUT2D eigenvalue weighted by molar-refractivity contribution is 0.0690. The fraction of sp³-hybridized carbons (Fsp3) is 0.467. The van der Waals surface area contributed by atoms with Crippen LogP contribution in [0, 0.1) is 0 Å². The Bertz CT molecular complexity index is 740. The first-order chi connectivity index (χ1) is 10.5. The van der Waals surface area contributed by atoms with Gasteiger partial charge in [-0.1, -0.05) is 25.9 Å². The van der Waals surface area contributed by atoms with E-state index < -0.39 is 11.5 Å². The van der Waals surface area contributed by atoms with Crippen molar-refractivity contribution in [1.29, 1.82) is 0 Å². The number of carboxylic acid groups (broad SMARTS) is 1. The van der Waals surface area contributed by atoms with Crippen LogP contribution in [0.1, 0.15) is 66.2 Å². The number of aromatic carboxylic acids is 1. The van der Waals surface area contributed by atoms with Gasteiger partial charge in [0.1, 0.15) is 23.2 Å². The average molecular weight is 337 g/mol. The molecule has 0 aromatic carbocycles. The molecule has 2 aromatic heterocycles. The number of carbonyl (C=O) groups is 2. The Morgan fingerprint density at radius 2 is 1.91 bits per heavy atom. The molecule has 2 heterocycles. The quantitative estimate of drug-likeness (QED) is 0.888. The van der Waals surface area contributed by atoms with Crippen molar-refractivity contribution in [2.24, 2.45) is 0 Å². The van der Waals surface area contributed by atoms with Gasteiger partial charge in [-0.3, -0.25) is 4.79 Å². The SMILES string of the molecule is CC(C)(C)c1nc(C(=O)NC(C)(C)c2nocc2C(=O)O)cs1. The number of amides is 1. The Labute approximate surface area is 137 Å². The summed E-state index contributed by atoms with van der Waals surface area (Å²) in [7, 11) is 0. The molecule has 0 radical (unpaired) electrons. The number of aromatic nitrogens is 2. The fourth-order valence-corrected chi connectivity index (χ4v) is 2.86. The molecular formula is C15H19N3O4S. The van der Waals surface area contributed by atoms with E-state index >= 15 is 0 Å². The first kappa shape index (κ1) is 17.1. The van der Waals surface area contributed by atoms with Crippen molar-refractivity contribution in [3.63, 3.8) is 0 Å². The number of carbonyl (C=O) groups excluding carboxylic acids is 1. The van der Waals surface area contributed by atoms with Crippen molar-refractivity contribution in [2.75, 3.05) is 0 Å². The predicted octanol–water partition coefficient (Wildman–Crippen LogP) is 2.79. The molecule has 0 aliphatic heterocycles. The Balaban J connectivity index is 2.23. The van der Waals surface area contributed by atoms with Crippen molar-refractivity contribution >= 4 is 23.2 Å². The van der Waals surface area contributed by atoms with Crippen LogP contribution in [0.5, 0.6) is 0 Å². The lowest BCUT2D eigenvalue weighted by atomic mass is 9.96. The van der Waals surface area contributed by atoms with E-state index in [1.54, 1.807) is 19.2 Å². The molecule has 0 atom stereocenters. The summed E-state index contributed by atoms with van der Waals surface area (Å²) in [6.07, 6.45) is 1.05. The zero-order valence-electron chi connectivity index (χ0n) is 13.6. The van der Waals surface area contributed by atoms with Crippen molar-refractivity contribution < 1.29 is 19.2 Å². The fourth-order valence-electron chi connectivity index (χ4n) is 1.97. The summed E-state index contributed by atoms with van der Waals surface area (Å²) in [5.74, 6) is -1.55. The number of thiazole rings is 1. The zero-order valence-corrected chi connectivity index (χ0v) is 14.4. The first-order valence-electron chi connectivity index (χ1n) is 6.99. The molecule has 0 unspecified atom stereocenters. The van der Waals surface area contributed by atoms with E-state index in [1.807, 2.05) is 20.8 Å². The molecule has 1 amide bonds. The summed E-state index contributed by atoms with van der Waals surface area (Å²) >= 11 is 1.42. The number of carboxylic acids is 1. The molecule has 0 aliphatic carbocycles. The highest BCUT2D eigenvalue weighted by Gasteiger charge is 2.33. The van der Waals surface area contributed by atoms with E-state index in [0.717, 1.165) is 11.3 Å². The summed E-state index contributed by atoms with van der Waals surface area (Å²) in [6.45, 7) is 9.38. The van der Waals surface area contributed by atoms with Gasteiger partial charge in [-0.05, 0) is 13.8 Å². The van der Waals surface area contributed by atoms with Gasteiger partial charge in [0.15, 0.2) is 0 Å². The molecule has 7 nitrogen and oxygen atoms in total. The van der Waals surface area contributed by atoms with E-state index in [-0.39, 0.29) is 22.6 Å². The lowest BCUT2D eigenvalue weighted by Crippen LogP contribution is -2.42. The number of nitrogens with one attached hydrogen (secondary N) is 1. The van der Waals surface area contributed by atoms with Crippen LogP contribution in [0.3, 0.4) is 0 Å². The van der Waals surface area contributed by atoms with E-state index in [9.17, 15) is 9.59 Å². The third-order valence-corrected chi connectivity index (χ3v) is 4.46. The highest BCUT2D eigenvalue weighted by molar-refractivity contribution is 7.10. The largest absolute Gasteiger partial charge is 0.478 e. The molecule has 8 heteroatoms. The second kappa shape index (κ2) is 5.77. The van der Waals surface area contributed by atoms with Gasteiger partial charge in [-0.15, -0.1) is 11.3 Å². The van der Waals surface area contributed by atoms with Gasteiger partial charge in [-0.25, -0.2) is 9.78 Å². The third kappa shape index (κ3) is 3.58. The van der Waals surface area contributed by atoms with E-state index in [1.165, 1.54) is 11.3 Å². The maximum atomic E-state index is 12.4. The predicted molar refractivity (Wildman–Crippen MR) is 84.8 cm³/mol. The first-order valence-corrected chi connectivity index (χ1v) is 7.87. The van der Waals surface area contributed by atoms with Crippen LogP contribution < -0.4 is 5.32 Å². The highest BCUT2D eigenvalue weighted by Crippen LogP contribution is 2.27. The lowest BCUT2D eigenvalue weighted by Gasteiger charge is -2.23. The summed E-state index contributed by atoms with van der Waals surface area (Å²) in [4.78, 5) is 27.9. The van der Waals surface area contributed by atoms with Gasteiger partial charge >= 0.3 is 5.97 Å². The Morgan fingerprint density at radius 1 is 1.26 bits per heavy atom. The van der Waals surface area contributed by atoms with Crippen LogP contribution in [0.2, 0.25) is 0 Å². The highest BCUT2D eigenvalue weighted by atomic mass is 32.1. The summed E-state index contributed by atoms with van der Waals surface area (Å²) in [5.41, 5.74) is -0.771. The van der Waals surface area contributed by atoms with Crippen LogP contribution in [0.25, 0.3) is 0 Å². The Kier molecular flexibility index (Phi) is 4.30. The van der Waals surface area contributed by atoms with Crippen LogP contribution in [0.15, 0.2) is 16.2 Å². The second-order valence-corrected chi connectivity index (χ2v) is 7.61. The number of nitrogens with zero attached hydrogens (tertiary/aromatic N) is 2. The molecule has 0 fully saturated rings. The van der Waals surface area contributed by atoms with Crippen molar-refractivity contribution in [2.45, 2.75) is 45.6 Å². The van der Waals surface area contributed by atoms with Gasteiger partial charge in [0, 0.05) is 10.8 Å². The van der Waals surface area contributed by atoms with Crippen LogP contribution in [0.4, 0.5) is 0 Å². The molecule has 2 N–H and O–H groups in total. The zero-order chi connectivity index (χ0) is 17.4. The van der Waals surface area contributed by atoms with Crippen molar-refractivity contribution in [3.8, 4) is 0 Å². The summed E-state index contributed by atoms with van der Waals surface area (Å²) in [5, 5.41) is 18.1. The van der Waals surface area contributed by atoms with Gasteiger partial charge < -0.3 is 14.9 Å². The van der Waals surface area contributed by atoms with Crippen LogP contribution in [-0.4, -0.2) is 27.1 Å². The Hall–Kier alpha value is -2.22. The molecule has 124 valence electrons. The van der Waals surface area contributed by atoms with E-state index in [2.05, 4.69) is 15.5 Å². The van der Waals surface area contributed by atoms with Gasteiger partial charge in [0.2, 0.25) is 0 Å². The average Bonchev–Trinajstić information content (AvgIpc) is 3.07. The van der Waals surface area contributed by atoms with Crippen molar-refractivity contribution in [3.05, 3.63) is 33.6 Å². The summed E-state index contributed by atoms with van der Waals surface area (Å²) < 4.78 is 4.73. The minimum Gasteiger partial charge on any atom is -0.478 e. The van der Waals surface area contributed by atoms with Crippen LogP contribution >= 0.6 is 11.3 Å². The van der Waals surface area contributed by atoms with Gasteiger partial charge in [0.05, 0.1) is 10.5 Å². The summed E-state index contributed by atoms with van der Waals surface area (Å²) in [6, 6.07) is 0. The third-order valence-electron chi connectivity index (χ3n) is 3.20. The molecule has 23 heavy (non-hydrogen) atoms. The maximum Gasteiger partial charge on any atom is 0.341 e. The molecule has 2 rings (SSSR count). The number of rotatable bonds is 4. The van der Waals surface area contributed by atoms with Gasteiger partial charge in [-0.2, -0.15) is 0 Å². The topological polar surface area (TPSA) is 105 Å². The second-order valence-electron chi connectivity index (χ2n) is 6.75. The van der Waals surface area contributed by atoms with E-state index in [4.69, 9.17) is 9.63 Å². The molecule has 2 aromatic rings. The van der Waals surface area contributed by atoms with Gasteiger partial charge in [0.25, 0.3) is 5.91 Å². The number of hydrogen-bond acceptors (Lipinski definition) is 6. The van der Waals surface area contributed by atoms with Crippen molar-refractivity contribution in [1.82, 2.24) is 15.5 Å². The molecule has 0 spiro atoms. The molecule has 0 saturated carbocycles. The smallest absolute Gasteiger partial charge is 0.341 e. The van der Waals surface area contributed by atoms with E-state index in [0.29, 0.717) is 5.69 Å². The minimum atomic E-state index is -1.16. The maximum absolute atomic E-state index is 12.4. The molecular weight excluding hydrogens is 318 g/mol. The Morgan fingerprint density at radius 3 is 2.43 bits per heavy atom. The number of hydrogen-bond donors (Lipinski definition) is 2. The molecule has 0 bridgehead atoms. The monoisotopic (exact) mass is 337 g/mol. The molecule has 0 aliphatic rings. The normalized spacial score (nSPS) is 12.2. The van der Waals surface area contributed by atoms with Crippen LogP contribution in [-0.2, 0) is 11.0 Å². The standard InChI is InChI=1S/C15H19N3O4S/c1-14(2,3)13-16-9(7-23-13)11(19)17-15(4,5)10-8(12(20)21)6-22-18-10/h6-7H,1-5H3,(H,17,19)(H,20,21). The minimum absolute atomic E-state index is 0.0797.